The molecule has 0 unspecified atom stereocenters. The predicted molar refractivity (Wildman–Crippen MR) is 82.3 cm³/mol. The van der Waals surface area contributed by atoms with Crippen LogP contribution in [-0.4, -0.2) is 35.1 Å². The highest BCUT2D eigenvalue weighted by atomic mass is 32.1. The molecule has 5 nitrogen and oxygen atoms in total. The Labute approximate surface area is 122 Å². The van der Waals surface area contributed by atoms with Gasteiger partial charge in [0.15, 0.2) is 5.82 Å². The summed E-state index contributed by atoms with van der Waals surface area (Å²) in [4.78, 5) is 14.7. The number of hydrogen-bond acceptors (Lipinski definition) is 6. The molecule has 6 heteroatoms. The van der Waals surface area contributed by atoms with Crippen molar-refractivity contribution >= 4 is 17.2 Å². The van der Waals surface area contributed by atoms with Crippen LogP contribution >= 0.6 is 11.3 Å². The lowest BCUT2D eigenvalue weighted by molar-refractivity contribution is 0.453. The first-order valence-electron chi connectivity index (χ1n) is 6.96. The van der Waals surface area contributed by atoms with Gasteiger partial charge < -0.3 is 10.6 Å². The molecule has 2 N–H and O–H groups in total. The number of anilines is 1. The summed E-state index contributed by atoms with van der Waals surface area (Å²) in [6.07, 6.45) is 4.14. The monoisotopic (exact) mass is 289 g/mol. The number of hydrogen-bond donors (Lipinski definition) is 2. The molecule has 1 aliphatic heterocycles. The van der Waals surface area contributed by atoms with Gasteiger partial charge in [0.2, 0.25) is 0 Å². The predicted octanol–water partition coefficient (Wildman–Crippen LogP) is 2.42. The van der Waals surface area contributed by atoms with Crippen LogP contribution in [0.1, 0.15) is 29.5 Å². The Morgan fingerprint density at radius 3 is 2.75 bits per heavy atom. The van der Waals surface area contributed by atoms with Gasteiger partial charge in [-0.15, -0.1) is 11.3 Å². The quantitative estimate of drug-likeness (QED) is 0.908. The van der Waals surface area contributed by atoms with E-state index in [1.807, 2.05) is 20.2 Å². The van der Waals surface area contributed by atoms with Crippen molar-refractivity contribution < 1.29 is 0 Å². The highest BCUT2D eigenvalue weighted by Gasteiger charge is 2.19. The van der Waals surface area contributed by atoms with E-state index >= 15 is 0 Å². The van der Waals surface area contributed by atoms with Gasteiger partial charge in [-0.2, -0.15) is 0 Å². The summed E-state index contributed by atoms with van der Waals surface area (Å²) >= 11 is 1.64. The summed E-state index contributed by atoms with van der Waals surface area (Å²) in [5.41, 5.74) is 1.15. The highest BCUT2D eigenvalue weighted by Crippen LogP contribution is 2.29. The van der Waals surface area contributed by atoms with Crippen LogP contribution in [0.3, 0.4) is 0 Å². The number of thiazole rings is 1. The lowest BCUT2D eigenvalue weighted by Crippen LogP contribution is -2.27. The number of aryl methyl sites for hydroxylation is 1. The van der Waals surface area contributed by atoms with Gasteiger partial charge in [0.25, 0.3) is 0 Å². The van der Waals surface area contributed by atoms with Gasteiger partial charge in [-0.25, -0.2) is 15.0 Å². The van der Waals surface area contributed by atoms with E-state index in [1.54, 1.807) is 11.3 Å². The van der Waals surface area contributed by atoms with Crippen LogP contribution in [0.15, 0.2) is 12.3 Å². The molecule has 0 saturated carbocycles. The Kier molecular flexibility index (Phi) is 3.93. The SMILES string of the molecule is CNc1cc(C2CCNCC2)nc(-c2cnc(C)s2)n1. The lowest BCUT2D eigenvalue weighted by atomic mass is 9.94. The zero-order chi connectivity index (χ0) is 13.9. The van der Waals surface area contributed by atoms with Crippen molar-refractivity contribution in [2.45, 2.75) is 25.7 Å². The summed E-state index contributed by atoms with van der Waals surface area (Å²) in [5.74, 6) is 2.20. The van der Waals surface area contributed by atoms with E-state index in [0.717, 1.165) is 53.2 Å². The molecular formula is C14H19N5S. The normalized spacial score (nSPS) is 16.3. The van der Waals surface area contributed by atoms with Crippen LogP contribution in [0.25, 0.3) is 10.7 Å². The minimum atomic E-state index is 0.527. The zero-order valence-electron chi connectivity index (χ0n) is 11.8. The van der Waals surface area contributed by atoms with Crippen LogP contribution in [0.5, 0.6) is 0 Å². The Hall–Kier alpha value is -1.53. The van der Waals surface area contributed by atoms with E-state index in [0.29, 0.717) is 5.92 Å². The molecule has 1 fully saturated rings. The molecule has 0 bridgehead atoms. The smallest absolute Gasteiger partial charge is 0.173 e. The van der Waals surface area contributed by atoms with E-state index in [4.69, 9.17) is 4.98 Å². The van der Waals surface area contributed by atoms with Crippen molar-refractivity contribution in [2.24, 2.45) is 0 Å². The topological polar surface area (TPSA) is 62.7 Å². The van der Waals surface area contributed by atoms with Gasteiger partial charge in [-0.3, -0.25) is 0 Å². The maximum Gasteiger partial charge on any atom is 0.173 e. The maximum atomic E-state index is 4.78. The summed E-state index contributed by atoms with van der Waals surface area (Å²) < 4.78 is 0. The van der Waals surface area contributed by atoms with Crippen molar-refractivity contribution in [2.75, 3.05) is 25.5 Å². The minimum Gasteiger partial charge on any atom is -0.373 e. The van der Waals surface area contributed by atoms with Crippen molar-refractivity contribution in [1.29, 1.82) is 0 Å². The summed E-state index contributed by atoms with van der Waals surface area (Å²) in [6, 6.07) is 2.08. The first kappa shape index (κ1) is 13.5. The summed E-state index contributed by atoms with van der Waals surface area (Å²) in [7, 11) is 1.90. The average molecular weight is 289 g/mol. The second-order valence-electron chi connectivity index (χ2n) is 5.02. The molecule has 1 saturated heterocycles. The standard InChI is InChI=1S/C14H19N5S/c1-9-17-8-12(20-9)14-18-11(7-13(15-2)19-14)10-3-5-16-6-4-10/h7-8,10,16H,3-6H2,1-2H3,(H,15,18,19). The third-order valence-corrected chi connectivity index (χ3v) is 4.51. The Morgan fingerprint density at radius 2 is 2.10 bits per heavy atom. The molecular weight excluding hydrogens is 270 g/mol. The molecule has 0 radical (unpaired) electrons. The van der Waals surface area contributed by atoms with Crippen LogP contribution in [0.2, 0.25) is 0 Å². The molecule has 0 aliphatic carbocycles. The third kappa shape index (κ3) is 2.81. The fourth-order valence-corrected chi connectivity index (χ4v) is 3.21. The molecule has 20 heavy (non-hydrogen) atoms. The van der Waals surface area contributed by atoms with Crippen LogP contribution < -0.4 is 10.6 Å². The number of rotatable bonds is 3. The largest absolute Gasteiger partial charge is 0.373 e. The van der Waals surface area contributed by atoms with E-state index in [2.05, 4.69) is 26.7 Å². The van der Waals surface area contributed by atoms with Crippen molar-refractivity contribution in [3.05, 3.63) is 23.0 Å². The molecule has 3 heterocycles. The van der Waals surface area contributed by atoms with E-state index in [9.17, 15) is 0 Å². The van der Waals surface area contributed by atoms with E-state index in [1.165, 1.54) is 0 Å². The van der Waals surface area contributed by atoms with Gasteiger partial charge in [0.05, 0.1) is 9.88 Å². The van der Waals surface area contributed by atoms with Crippen molar-refractivity contribution in [3.63, 3.8) is 0 Å². The molecule has 2 aromatic rings. The summed E-state index contributed by atoms with van der Waals surface area (Å²) in [5, 5.41) is 7.58. The number of nitrogens with zero attached hydrogens (tertiary/aromatic N) is 3. The molecule has 0 atom stereocenters. The van der Waals surface area contributed by atoms with Gasteiger partial charge in [-0.1, -0.05) is 0 Å². The second-order valence-corrected chi connectivity index (χ2v) is 6.25. The average Bonchev–Trinajstić information content (AvgIpc) is 2.94. The van der Waals surface area contributed by atoms with E-state index < -0.39 is 0 Å². The fourth-order valence-electron chi connectivity index (χ4n) is 2.50. The van der Waals surface area contributed by atoms with Crippen LogP contribution in [-0.2, 0) is 0 Å². The number of nitrogens with one attached hydrogen (secondary N) is 2. The highest BCUT2D eigenvalue weighted by molar-refractivity contribution is 7.14. The van der Waals surface area contributed by atoms with Crippen molar-refractivity contribution in [3.8, 4) is 10.7 Å². The van der Waals surface area contributed by atoms with Gasteiger partial charge >= 0.3 is 0 Å². The first-order valence-corrected chi connectivity index (χ1v) is 7.78. The Balaban J connectivity index is 1.97. The molecule has 3 rings (SSSR count). The second kappa shape index (κ2) is 5.85. The summed E-state index contributed by atoms with van der Waals surface area (Å²) in [6.45, 7) is 4.14. The van der Waals surface area contributed by atoms with Crippen LogP contribution in [0, 0.1) is 6.92 Å². The Morgan fingerprint density at radius 1 is 1.30 bits per heavy atom. The van der Waals surface area contributed by atoms with Gasteiger partial charge in [0, 0.05) is 30.9 Å². The van der Waals surface area contributed by atoms with Crippen LogP contribution in [0.4, 0.5) is 5.82 Å². The van der Waals surface area contributed by atoms with E-state index in [-0.39, 0.29) is 0 Å². The zero-order valence-corrected chi connectivity index (χ0v) is 12.6. The molecule has 1 aliphatic rings. The third-order valence-electron chi connectivity index (χ3n) is 3.60. The fraction of sp³-hybridized carbons (Fsp3) is 0.500. The first-order chi connectivity index (χ1) is 9.76. The molecule has 0 spiro atoms. The molecule has 2 aromatic heterocycles. The lowest BCUT2D eigenvalue weighted by Gasteiger charge is -2.22. The molecule has 0 amide bonds. The minimum absolute atomic E-state index is 0.527. The Bertz CT molecular complexity index is 589. The number of aromatic nitrogens is 3. The van der Waals surface area contributed by atoms with Crippen molar-refractivity contribution in [1.82, 2.24) is 20.3 Å². The molecule has 0 aromatic carbocycles. The number of piperidine rings is 1. The maximum absolute atomic E-state index is 4.78. The molecule has 106 valence electrons. The van der Waals surface area contributed by atoms with Gasteiger partial charge in [0.1, 0.15) is 5.82 Å². The van der Waals surface area contributed by atoms with Gasteiger partial charge in [-0.05, 0) is 32.9 Å².